The smallest absolute Gasteiger partial charge is 0.223 e. The number of fused-ring (bicyclic) bond motifs is 1. The summed E-state index contributed by atoms with van der Waals surface area (Å²) < 4.78 is 5.46. The normalized spacial score (nSPS) is 18.1. The molecule has 0 radical (unpaired) electrons. The number of nitrogens with zero attached hydrogens (tertiary/aromatic N) is 2. The quantitative estimate of drug-likeness (QED) is 0.819. The molecular weight excluding hydrogens is 248 g/mol. The maximum absolute atomic E-state index is 9.28. The standard InChI is InChI=1S/C12H10N4OS/c1-6-15-10-9(8-3-2-4-18-8)7(5-13)11(14)16-12(10)17-6/h2-4,9,16H,14H2,1H3. The Bertz CT molecular complexity index is 663. The molecule has 0 saturated heterocycles. The number of nitrogens with one attached hydrogen (secondary N) is 1. The molecule has 18 heavy (non-hydrogen) atoms. The molecule has 0 bridgehead atoms. The molecule has 6 heteroatoms. The van der Waals surface area contributed by atoms with Crippen molar-refractivity contribution in [2.45, 2.75) is 12.8 Å². The number of hydrogen-bond donors (Lipinski definition) is 2. The molecule has 1 aliphatic rings. The van der Waals surface area contributed by atoms with Crippen molar-refractivity contribution in [2.75, 3.05) is 5.32 Å². The molecule has 2 aromatic heterocycles. The van der Waals surface area contributed by atoms with Crippen molar-refractivity contribution in [3.05, 3.63) is 45.4 Å². The Morgan fingerprint density at radius 2 is 2.44 bits per heavy atom. The maximum atomic E-state index is 9.28. The van der Waals surface area contributed by atoms with E-state index in [-0.39, 0.29) is 5.92 Å². The van der Waals surface area contributed by atoms with Crippen LogP contribution in [0.5, 0.6) is 0 Å². The third kappa shape index (κ3) is 1.49. The minimum atomic E-state index is -0.233. The van der Waals surface area contributed by atoms with Gasteiger partial charge >= 0.3 is 0 Å². The SMILES string of the molecule is Cc1nc2c(o1)NC(N)=C(C#N)C2c1cccs1. The summed E-state index contributed by atoms with van der Waals surface area (Å²) in [6.45, 7) is 1.77. The van der Waals surface area contributed by atoms with Gasteiger partial charge in [-0.2, -0.15) is 5.26 Å². The monoisotopic (exact) mass is 258 g/mol. The van der Waals surface area contributed by atoms with Crippen LogP contribution in [0, 0.1) is 18.3 Å². The highest BCUT2D eigenvalue weighted by Crippen LogP contribution is 2.41. The fourth-order valence-corrected chi connectivity index (χ4v) is 2.90. The lowest BCUT2D eigenvalue weighted by Crippen LogP contribution is -2.22. The topological polar surface area (TPSA) is 87.9 Å². The first-order chi connectivity index (χ1) is 8.70. The fraction of sp³-hybridized carbons (Fsp3) is 0.167. The Morgan fingerprint density at radius 3 is 3.11 bits per heavy atom. The van der Waals surface area contributed by atoms with E-state index in [1.165, 1.54) is 0 Å². The molecule has 0 aromatic carbocycles. The Kier molecular flexibility index (Phi) is 2.35. The van der Waals surface area contributed by atoms with Crippen LogP contribution in [0.25, 0.3) is 0 Å². The summed E-state index contributed by atoms with van der Waals surface area (Å²) in [7, 11) is 0. The van der Waals surface area contributed by atoms with E-state index in [2.05, 4.69) is 16.4 Å². The largest absolute Gasteiger partial charge is 0.425 e. The minimum Gasteiger partial charge on any atom is -0.425 e. The molecule has 1 atom stereocenters. The number of thiophene rings is 1. The number of hydrogen-bond acceptors (Lipinski definition) is 6. The Morgan fingerprint density at radius 1 is 1.61 bits per heavy atom. The lowest BCUT2D eigenvalue weighted by molar-refractivity contribution is 0.534. The highest BCUT2D eigenvalue weighted by Gasteiger charge is 2.33. The summed E-state index contributed by atoms with van der Waals surface area (Å²) in [4.78, 5) is 5.39. The molecule has 3 rings (SSSR count). The summed E-state index contributed by atoms with van der Waals surface area (Å²) in [5.74, 6) is 1.19. The van der Waals surface area contributed by atoms with Crippen molar-refractivity contribution in [3.63, 3.8) is 0 Å². The Hall–Kier alpha value is -2.26. The van der Waals surface area contributed by atoms with Crippen LogP contribution in [0.2, 0.25) is 0 Å². The van der Waals surface area contributed by atoms with Gasteiger partial charge in [0.1, 0.15) is 11.5 Å². The van der Waals surface area contributed by atoms with Gasteiger partial charge in [-0.3, -0.25) is 0 Å². The first-order valence-corrected chi connectivity index (χ1v) is 6.26. The van der Waals surface area contributed by atoms with Crippen molar-refractivity contribution >= 4 is 17.2 Å². The van der Waals surface area contributed by atoms with E-state index in [1.807, 2.05) is 17.5 Å². The molecule has 1 unspecified atom stereocenters. The molecule has 0 saturated carbocycles. The number of rotatable bonds is 1. The van der Waals surface area contributed by atoms with Crippen LogP contribution < -0.4 is 11.1 Å². The van der Waals surface area contributed by atoms with Crippen molar-refractivity contribution in [1.29, 1.82) is 5.26 Å². The zero-order chi connectivity index (χ0) is 12.7. The van der Waals surface area contributed by atoms with Crippen LogP contribution >= 0.6 is 11.3 Å². The average molecular weight is 258 g/mol. The van der Waals surface area contributed by atoms with E-state index in [9.17, 15) is 5.26 Å². The number of aromatic nitrogens is 1. The zero-order valence-electron chi connectivity index (χ0n) is 9.60. The molecular formula is C12H10N4OS. The van der Waals surface area contributed by atoms with Crippen molar-refractivity contribution in [2.24, 2.45) is 5.73 Å². The molecule has 3 heterocycles. The molecule has 0 spiro atoms. The van der Waals surface area contributed by atoms with Gasteiger partial charge in [0.15, 0.2) is 5.89 Å². The molecule has 1 aliphatic heterocycles. The number of nitrogens with two attached hydrogens (primary N) is 1. The van der Waals surface area contributed by atoms with E-state index in [4.69, 9.17) is 10.2 Å². The third-order valence-electron chi connectivity index (χ3n) is 2.81. The van der Waals surface area contributed by atoms with E-state index >= 15 is 0 Å². The molecule has 0 fully saturated rings. The van der Waals surface area contributed by atoms with Crippen molar-refractivity contribution in [3.8, 4) is 6.07 Å². The van der Waals surface area contributed by atoms with Crippen LogP contribution in [-0.2, 0) is 0 Å². The summed E-state index contributed by atoms with van der Waals surface area (Å²) >= 11 is 1.57. The van der Waals surface area contributed by atoms with Crippen LogP contribution in [0.1, 0.15) is 22.4 Å². The first-order valence-electron chi connectivity index (χ1n) is 5.38. The second kappa shape index (κ2) is 3.89. The van der Waals surface area contributed by atoms with Gasteiger partial charge in [-0.15, -0.1) is 11.3 Å². The molecule has 0 amide bonds. The average Bonchev–Trinajstić information content (AvgIpc) is 2.95. The maximum Gasteiger partial charge on any atom is 0.223 e. The molecule has 0 aliphatic carbocycles. The Labute approximate surface area is 108 Å². The van der Waals surface area contributed by atoms with Gasteiger partial charge in [-0.1, -0.05) is 6.07 Å². The van der Waals surface area contributed by atoms with Gasteiger partial charge in [-0.25, -0.2) is 4.98 Å². The van der Waals surface area contributed by atoms with Crippen molar-refractivity contribution in [1.82, 2.24) is 4.98 Å². The lowest BCUT2D eigenvalue weighted by atomic mass is 9.92. The lowest BCUT2D eigenvalue weighted by Gasteiger charge is -2.21. The number of aryl methyl sites for hydroxylation is 1. The summed E-state index contributed by atoms with van der Waals surface area (Å²) in [6, 6.07) is 6.07. The highest BCUT2D eigenvalue weighted by molar-refractivity contribution is 7.10. The van der Waals surface area contributed by atoms with Crippen molar-refractivity contribution < 1.29 is 4.42 Å². The van der Waals surface area contributed by atoms with Crippen LogP contribution in [0.4, 0.5) is 5.88 Å². The highest BCUT2D eigenvalue weighted by atomic mass is 32.1. The van der Waals surface area contributed by atoms with Gasteiger partial charge in [0.05, 0.1) is 17.6 Å². The van der Waals surface area contributed by atoms with E-state index < -0.39 is 0 Å². The molecule has 90 valence electrons. The van der Waals surface area contributed by atoms with E-state index in [1.54, 1.807) is 18.3 Å². The van der Waals surface area contributed by atoms with Crippen LogP contribution in [0.15, 0.2) is 33.3 Å². The number of nitriles is 1. The van der Waals surface area contributed by atoms with Gasteiger partial charge in [0.25, 0.3) is 0 Å². The molecule has 5 nitrogen and oxygen atoms in total. The molecule has 3 N–H and O–H groups in total. The summed E-state index contributed by atoms with van der Waals surface area (Å²) in [6.07, 6.45) is 0. The Balaban J connectivity index is 2.22. The summed E-state index contributed by atoms with van der Waals surface area (Å²) in [5, 5.41) is 14.1. The third-order valence-corrected chi connectivity index (χ3v) is 3.75. The van der Waals surface area contributed by atoms with Crippen LogP contribution in [0.3, 0.4) is 0 Å². The van der Waals surface area contributed by atoms with E-state index in [0.29, 0.717) is 23.2 Å². The predicted molar refractivity (Wildman–Crippen MR) is 67.9 cm³/mol. The molecule has 2 aromatic rings. The van der Waals surface area contributed by atoms with Gasteiger partial charge in [0.2, 0.25) is 5.88 Å². The minimum absolute atomic E-state index is 0.233. The second-order valence-corrected chi connectivity index (χ2v) is 4.94. The van der Waals surface area contributed by atoms with Gasteiger partial charge in [-0.05, 0) is 11.4 Å². The summed E-state index contributed by atoms with van der Waals surface area (Å²) in [5.41, 5.74) is 7.08. The fourth-order valence-electron chi connectivity index (χ4n) is 2.07. The van der Waals surface area contributed by atoms with Gasteiger partial charge < -0.3 is 15.5 Å². The first kappa shape index (κ1) is 10.9. The number of oxazole rings is 1. The van der Waals surface area contributed by atoms with Gasteiger partial charge in [0, 0.05) is 11.8 Å². The van der Waals surface area contributed by atoms with E-state index in [0.717, 1.165) is 10.6 Å². The zero-order valence-corrected chi connectivity index (χ0v) is 10.4. The number of allylic oxidation sites excluding steroid dienone is 1. The predicted octanol–water partition coefficient (Wildman–Crippen LogP) is 2.30. The number of anilines is 1. The second-order valence-electron chi connectivity index (χ2n) is 3.96. The van der Waals surface area contributed by atoms with Crippen LogP contribution in [-0.4, -0.2) is 4.98 Å².